The van der Waals surface area contributed by atoms with Crippen LogP contribution in [-0.4, -0.2) is 31.9 Å². The summed E-state index contributed by atoms with van der Waals surface area (Å²) in [6.07, 6.45) is 0.315. The van der Waals surface area contributed by atoms with Gasteiger partial charge in [0.05, 0.1) is 12.2 Å². The lowest BCUT2D eigenvalue weighted by molar-refractivity contribution is -0.106. The summed E-state index contributed by atoms with van der Waals surface area (Å²) in [5, 5.41) is 9.57. The van der Waals surface area contributed by atoms with E-state index in [0.717, 1.165) is 6.29 Å². The lowest BCUT2D eigenvalue weighted by Gasteiger charge is -2.39. The van der Waals surface area contributed by atoms with Crippen molar-refractivity contribution in [1.82, 2.24) is 0 Å². The van der Waals surface area contributed by atoms with Gasteiger partial charge in [0.1, 0.15) is 6.29 Å². The van der Waals surface area contributed by atoms with Gasteiger partial charge in [0.25, 0.3) is 0 Å². The van der Waals surface area contributed by atoms with Crippen LogP contribution in [0.25, 0.3) is 0 Å². The molecular formula is C12H28O3Si. The smallest absolute Gasteiger partial charge is 0.192 e. The van der Waals surface area contributed by atoms with E-state index in [1.807, 2.05) is 6.92 Å². The predicted octanol–water partition coefficient (Wildman–Crippen LogP) is 2.98. The van der Waals surface area contributed by atoms with E-state index in [1.54, 1.807) is 6.92 Å². The van der Waals surface area contributed by atoms with Crippen molar-refractivity contribution in [3.63, 3.8) is 0 Å². The second-order valence-corrected chi connectivity index (χ2v) is 10.3. The van der Waals surface area contributed by atoms with E-state index in [0.29, 0.717) is 0 Å². The van der Waals surface area contributed by atoms with Crippen molar-refractivity contribution in [3.8, 4) is 0 Å². The van der Waals surface area contributed by atoms with E-state index in [1.165, 1.54) is 6.92 Å². The molecule has 0 aromatic rings. The lowest BCUT2D eigenvalue weighted by atomic mass is 10.2. The SMILES string of the molecule is CC(O)C(C)O[Si](C)(C)C(C)(C)C.CC=O. The van der Waals surface area contributed by atoms with E-state index in [9.17, 15) is 5.11 Å². The average molecular weight is 248 g/mol. The molecule has 0 aliphatic rings. The molecule has 2 atom stereocenters. The quantitative estimate of drug-likeness (QED) is 0.617. The molecule has 0 aliphatic heterocycles. The number of carbonyl (C=O) groups is 1. The van der Waals surface area contributed by atoms with Crippen molar-refractivity contribution >= 4 is 14.6 Å². The minimum Gasteiger partial charge on any atom is -0.412 e. The summed E-state index contributed by atoms with van der Waals surface area (Å²) in [7, 11) is -1.69. The highest BCUT2D eigenvalue weighted by Crippen LogP contribution is 2.37. The van der Waals surface area contributed by atoms with Crippen molar-refractivity contribution in [3.05, 3.63) is 0 Å². The van der Waals surface area contributed by atoms with Crippen molar-refractivity contribution < 1.29 is 14.3 Å². The molecule has 0 saturated heterocycles. The minimum atomic E-state index is -1.69. The fourth-order valence-corrected chi connectivity index (χ4v) is 2.22. The third-order valence-electron chi connectivity index (χ3n) is 2.97. The summed E-state index contributed by atoms with van der Waals surface area (Å²) < 4.78 is 5.95. The first kappa shape index (κ1) is 18.2. The molecule has 98 valence electrons. The summed E-state index contributed by atoms with van der Waals surface area (Å²) in [4.78, 5) is 8.81. The first-order valence-corrected chi connectivity index (χ1v) is 8.66. The Morgan fingerprint density at radius 2 is 1.56 bits per heavy atom. The molecule has 3 nitrogen and oxygen atoms in total. The molecule has 1 N–H and O–H groups in total. The van der Waals surface area contributed by atoms with Gasteiger partial charge in [-0.3, -0.25) is 0 Å². The normalized spacial score (nSPS) is 15.8. The molecule has 0 bridgehead atoms. The highest BCUT2D eigenvalue weighted by atomic mass is 28.4. The average Bonchev–Trinajstić information content (AvgIpc) is 2.02. The van der Waals surface area contributed by atoms with Crippen LogP contribution < -0.4 is 0 Å². The highest BCUT2D eigenvalue weighted by Gasteiger charge is 2.38. The van der Waals surface area contributed by atoms with Crippen LogP contribution in [0.5, 0.6) is 0 Å². The molecule has 0 aromatic carbocycles. The Morgan fingerprint density at radius 1 is 1.25 bits per heavy atom. The van der Waals surface area contributed by atoms with Gasteiger partial charge in [-0.25, -0.2) is 0 Å². The van der Waals surface area contributed by atoms with Crippen LogP contribution >= 0.6 is 0 Å². The summed E-state index contributed by atoms with van der Waals surface area (Å²) in [5.41, 5.74) is 0. The Hall–Kier alpha value is -0.193. The van der Waals surface area contributed by atoms with E-state index in [2.05, 4.69) is 33.9 Å². The molecule has 0 radical (unpaired) electrons. The fraction of sp³-hybridized carbons (Fsp3) is 0.917. The number of aliphatic hydroxyl groups excluding tert-OH is 1. The zero-order chi connectivity index (χ0) is 13.6. The molecule has 0 aromatic heterocycles. The highest BCUT2D eigenvalue weighted by molar-refractivity contribution is 6.74. The van der Waals surface area contributed by atoms with Gasteiger partial charge in [0.15, 0.2) is 8.32 Å². The summed E-state index contributed by atoms with van der Waals surface area (Å²) in [5.74, 6) is 0. The van der Waals surface area contributed by atoms with Crippen LogP contribution in [0, 0.1) is 0 Å². The Morgan fingerprint density at radius 3 is 1.75 bits per heavy atom. The number of hydrogen-bond acceptors (Lipinski definition) is 3. The number of aliphatic hydroxyl groups is 1. The second-order valence-electron chi connectivity index (χ2n) is 5.56. The van der Waals surface area contributed by atoms with Gasteiger partial charge in [-0.15, -0.1) is 0 Å². The summed E-state index contributed by atoms with van der Waals surface area (Å²) in [6, 6.07) is 0. The Balaban J connectivity index is 0. The van der Waals surface area contributed by atoms with Crippen molar-refractivity contribution in [2.45, 2.75) is 71.9 Å². The number of aldehydes is 1. The van der Waals surface area contributed by atoms with Gasteiger partial charge in [0, 0.05) is 0 Å². The van der Waals surface area contributed by atoms with E-state index < -0.39 is 8.32 Å². The van der Waals surface area contributed by atoms with Gasteiger partial charge in [-0.05, 0) is 38.9 Å². The summed E-state index contributed by atoms with van der Waals surface area (Å²) in [6.45, 7) is 16.2. The molecule has 0 saturated carbocycles. The van der Waals surface area contributed by atoms with Crippen LogP contribution in [0.15, 0.2) is 0 Å². The van der Waals surface area contributed by atoms with Crippen molar-refractivity contribution in [2.24, 2.45) is 0 Å². The van der Waals surface area contributed by atoms with Crippen LogP contribution in [0.1, 0.15) is 41.5 Å². The number of rotatable bonds is 3. The van der Waals surface area contributed by atoms with Gasteiger partial charge in [0.2, 0.25) is 0 Å². The Kier molecular flexibility index (Phi) is 8.17. The van der Waals surface area contributed by atoms with Crippen LogP contribution in [0.4, 0.5) is 0 Å². The van der Waals surface area contributed by atoms with E-state index in [-0.39, 0.29) is 17.2 Å². The summed E-state index contributed by atoms with van der Waals surface area (Å²) >= 11 is 0. The van der Waals surface area contributed by atoms with Gasteiger partial charge >= 0.3 is 0 Å². The maximum absolute atomic E-state index is 9.35. The van der Waals surface area contributed by atoms with E-state index >= 15 is 0 Å². The van der Waals surface area contributed by atoms with Gasteiger partial charge in [-0.1, -0.05) is 20.8 Å². The van der Waals surface area contributed by atoms with Gasteiger partial charge < -0.3 is 14.3 Å². The molecule has 0 amide bonds. The zero-order valence-electron chi connectivity index (χ0n) is 12.0. The van der Waals surface area contributed by atoms with Crippen LogP contribution in [0.2, 0.25) is 18.1 Å². The Bertz CT molecular complexity index is 195. The molecule has 0 heterocycles. The molecular weight excluding hydrogens is 220 g/mol. The first-order valence-electron chi connectivity index (χ1n) is 5.75. The maximum Gasteiger partial charge on any atom is 0.192 e. The molecule has 16 heavy (non-hydrogen) atoms. The third kappa shape index (κ3) is 7.14. The Labute approximate surface area is 101 Å². The molecule has 4 heteroatoms. The van der Waals surface area contributed by atoms with E-state index in [4.69, 9.17) is 9.22 Å². The second kappa shape index (κ2) is 7.19. The molecule has 0 fully saturated rings. The topological polar surface area (TPSA) is 46.5 Å². The maximum atomic E-state index is 9.35. The fourth-order valence-electron chi connectivity index (χ4n) is 0.740. The molecule has 2 unspecified atom stereocenters. The standard InChI is InChI=1S/C10H24O2Si.C2H4O/c1-8(11)9(2)12-13(6,7)10(3,4)5;1-2-3/h8-9,11H,1-7H3;2H,1H3. The zero-order valence-corrected chi connectivity index (χ0v) is 13.0. The number of carbonyl (C=O) groups excluding carboxylic acids is 1. The largest absolute Gasteiger partial charge is 0.412 e. The molecule has 0 aliphatic carbocycles. The van der Waals surface area contributed by atoms with Crippen LogP contribution in [-0.2, 0) is 9.22 Å². The molecule has 0 rings (SSSR count). The van der Waals surface area contributed by atoms with Crippen molar-refractivity contribution in [2.75, 3.05) is 0 Å². The minimum absolute atomic E-state index is 0.0547. The van der Waals surface area contributed by atoms with Crippen molar-refractivity contribution in [1.29, 1.82) is 0 Å². The predicted molar refractivity (Wildman–Crippen MR) is 71.2 cm³/mol. The first-order chi connectivity index (χ1) is 6.99. The van der Waals surface area contributed by atoms with Gasteiger partial charge in [-0.2, -0.15) is 0 Å². The number of hydrogen-bond donors (Lipinski definition) is 1. The molecule has 0 spiro atoms. The third-order valence-corrected chi connectivity index (χ3v) is 7.54. The lowest BCUT2D eigenvalue weighted by Crippen LogP contribution is -2.45. The monoisotopic (exact) mass is 248 g/mol. The van der Waals surface area contributed by atoms with Crippen LogP contribution in [0.3, 0.4) is 0 Å².